The third-order valence-electron chi connectivity index (χ3n) is 5.05. The maximum atomic E-state index is 13.2. The molecule has 0 radical (unpaired) electrons. The summed E-state index contributed by atoms with van der Waals surface area (Å²) in [5.74, 6) is -1.27. The van der Waals surface area contributed by atoms with E-state index >= 15 is 0 Å². The fourth-order valence-electron chi connectivity index (χ4n) is 3.57. The van der Waals surface area contributed by atoms with Gasteiger partial charge in [0.15, 0.2) is 0 Å². The molecule has 2 amide bonds. The highest BCUT2D eigenvalue weighted by atomic mass is 32.2. The van der Waals surface area contributed by atoms with Gasteiger partial charge in [0, 0.05) is 38.1 Å². The van der Waals surface area contributed by atoms with Crippen molar-refractivity contribution in [1.82, 2.24) is 8.87 Å². The van der Waals surface area contributed by atoms with Gasteiger partial charge in [-0.3, -0.25) is 9.59 Å². The minimum absolute atomic E-state index is 0.0672. The Morgan fingerprint density at radius 3 is 2.34 bits per heavy atom. The SMILES string of the molecule is CCOC(=O)c1cc(S(=O)(=O)N2CCC[C@H]2C(=O)Nc2ccc(NC(C)=O)cc2)cn1C. The second-order valence-electron chi connectivity index (χ2n) is 7.41. The lowest BCUT2D eigenvalue weighted by Gasteiger charge is -2.23. The Bertz CT molecular complexity index is 1120. The number of rotatable bonds is 7. The van der Waals surface area contributed by atoms with E-state index in [0.29, 0.717) is 24.2 Å². The number of benzene rings is 1. The summed E-state index contributed by atoms with van der Waals surface area (Å²) in [4.78, 5) is 36.0. The number of sulfonamides is 1. The van der Waals surface area contributed by atoms with E-state index in [9.17, 15) is 22.8 Å². The minimum Gasteiger partial charge on any atom is -0.461 e. The van der Waals surface area contributed by atoms with Gasteiger partial charge in [0.1, 0.15) is 16.6 Å². The number of hydrogen-bond donors (Lipinski definition) is 2. The van der Waals surface area contributed by atoms with E-state index in [2.05, 4.69) is 10.6 Å². The zero-order valence-corrected chi connectivity index (χ0v) is 18.9. The van der Waals surface area contributed by atoms with Crippen LogP contribution in [0.2, 0.25) is 0 Å². The number of amides is 2. The second kappa shape index (κ2) is 9.53. The summed E-state index contributed by atoms with van der Waals surface area (Å²) in [6.07, 6.45) is 2.26. The van der Waals surface area contributed by atoms with Crippen LogP contribution in [0.25, 0.3) is 0 Å². The molecule has 2 N–H and O–H groups in total. The van der Waals surface area contributed by atoms with Crippen LogP contribution in [0.5, 0.6) is 0 Å². The lowest BCUT2D eigenvalue weighted by Crippen LogP contribution is -2.43. The predicted octanol–water partition coefficient (Wildman–Crippen LogP) is 1.95. The van der Waals surface area contributed by atoms with Crippen LogP contribution in [0.15, 0.2) is 41.4 Å². The van der Waals surface area contributed by atoms with Crippen molar-refractivity contribution in [2.24, 2.45) is 7.05 Å². The van der Waals surface area contributed by atoms with Gasteiger partial charge in [-0.05, 0) is 50.1 Å². The highest BCUT2D eigenvalue weighted by Gasteiger charge is 2.40. The van der Waals surface area contributed by atoms with Crippen LogP contribution >= 0.6 is 0 Å². The fourth-order valence-corrected chi connectivity index (χ4v) is 5.30. The summed E-state index contributed by atoms with van der Waals surface area (Å²) in [6.45, 7) is 3.43. The first-order valence-corrected chi connectivity index (χ1v) is 11.6. The topological polar surface area (TPSA) is 127 Å². The number of anilines is 2. The number of nitrogens with zero attached hydrogens (tertiary/aromatic N) is 2. The van der Waals surface area contributed by atoms with Crippen molar-refractivity contribution in [2.75, 3.05) is 23.8 Å². The largest absolute Gasteiger partial charge is 0.461 e. The second-order valence-corrected chi connectivity index (χ2v) is 9.30. The molecule has 3 rings (SSSR count). The molecule has 11 heteroatoms. The number of esters is 1. The third-order valence-corrected chi connectivity index (χ3v) is 6.92. The molecule has 0 saturated carbocycles. The summed E-state index contributed by atoms with van der Waals surface area (Å²) in [7, 11) is -2.44. The molecular weight excluding hydrogens is 436 g/mol. The normalized spacial score (nSPS) is 16.5. The lowest BCUT2D eigenvalue weighted by atomic mass is 10.2. The zero-order chi connectivity index (χ0) is 23.5. The van der Waals surface area contributed by atoms with Gasteiger partial charge in [0.05, 0.1) is 6.61 Å². The van der Waals surface area contributed by atoms with Crippen molar-refractivity contribution in [3.63, 3.8) is 0 Å². The first-order chi connectivity index (χ1) is 15.1. The molecule has 1 aromatic carbocycles. The van der Waals surface area contributed by atoms with Crippen molar-refractivity contribution in [3.05, 3.63) is 42.2 Å². The average Bonchev–Trinajstić information content (AvgIpc) is 3.37. The molecule has 32 heavy (non-hydrogen) atoms. The summed E-state index contributed by atoms with van der Waals surface area (Å²) in [5, 5.41) is 5.37. The Morgan fingerprint density at radius 1 is 1.12 bits per heavy atom. The van der Waals surface area contributed by atoms with Gasteiger partial charge in [-0.15, -0.1) is 0 Å². The molecule has 172 valence electrons. The Labute approximate surface area is 186 Å². The summed E-state index contributed by atoms with van der Waals surface area (Å²) in [5.41, 5.74) is 1.18. The molecule has 10 nitrogen and oxygen atoms in total. The minimum atomic E-state index is -4.00. The van der Waals surface area contributed by atoms with E-state index in [4.69, 9.17) is 4.74 Å². The molecule has 1 atom stereocenters. The highest BCUT2D eigenvalue weighted by Crippen LogP contribution is 2.28. The number of carbonyl (C=O) groups is 3. The Hall–Kier alpha value is -3.18. The van der Waals surface area contributed by atoms with Crippen LogP contribution in [0.4, 0.5) is 11.4 Å². The maximum absolute atomic E-state index is 13.2. The van der Waals surface area contributed by atoms with E-state index in [1.54, 1.807) is 38.2 Å². The summed E-state index contributed by atoms with van der Waals surface area (Å²) in [6, 6.07) is 6.92. The Kier molecular flexibility index (Phi) is 6.99. The molecule has 0 bridgehead atoms. The van der Waals surface area contributed by atoms with Gasteiger partial charge in [0.2, 0.25) is 21.8 Å². The van der Waals surface area contributed by atoms with Crippen molar-refractivity contribution in [1.29, 1.82) is 0 Å². The van der Waals surface area contributed by atoms with Crippen LogP contribution in [0.1, 0.15) is 37.2 Å². The van der Waals surface area contributed by atoms with Gasteiger partial charge in [-0.25, -0.2) is 13.2 Å². The fraction of sp³-hybridized carbons (Fsp3) is 0.381. The molecular formula is C21H26N4O6S. The molecule has 1 fully saturated rings. The van der Waals surface area contributed by atoms with Crippen molar-refractivity contribution in [2.45, 2.75) is 37.6 Å². The Morgan fingerprint density at radius 2 is 1.75 bits per heavy atom. The lowest BCUT2D eigenvalue weighted by molar-refractivity contribution is -0.119. The van der Waals surface area contributed by atoms with E-state index in [-0.39, 0.29) is 29.6 Å². The first-order valence-electron chi connectivity index (χ1n) is 10.2. The number of hydrogen-bond acceptors (Lipinski definition) is 6. The molecule has 0 spiro atoms. The molecule has 1 aromatic heterocycles. The molecule has 2 aromatic rings. The number of ether oxygens (including phenoxy) is 1. The van der Waals surface area contributed by atoms with Gasteiger partial charge in [-0.1, -0.05) is 0 Å². The van der Waals surface area contributed by atoms with Crippen LogP contribution in [0.3, 0.4) is 0 Å². The number of carbonyl (C=O) groups excluding carboxylic acids is 3. The third kappa shape index (κ3) is 5.00. The number of aromatic nitrogens is 1. The van der Waals surface area contributed by atoms with E-state index in [1.807, 2.05) is 0 Å². The Balaban J connectivity index is 1.77. The number of aryl methyl sites for hydroxylation is 1. The smallest absolute Gasteiger partial charge is 0.354 e. The molecule has 2 heterocycles. The average molecular weight is 463 g/mol. The van der Waals surface area contributed by atoms with Crippen LogP contribution in [-0.2, 0) is 31.4 Å². The van der Waals surface area contributed by atoms with Gasteiger partial charge >= 0.3 is 5.97 Å². The van der Waals surface area contributed by atoms with E-state index in [0.717, 1.165) is 4.31 Å². The van der Waals surface area contributed by atoms with E-state index in [1.165, 1.54) is 23.8 Å². The molecule has 0 unspecified atom stereocenters. The van der Waals surface area contributed by atoms with Crippen molar-refractivity contribution >= 4 is 39.2 Å². The van der Waals surface area contributed by atoms with Crippen molar-refractivity contribution < 1.29 is 27.5 Å². The highest BCUT2D eigenvalue weighted by molar-refractivity contribution is 7.89. The van der Waals surface area contributed by atoms with Crippen LogP contribution in [0, 0.1) is 0 Å². The quantitative estimate of drug-likeness (QED) is 0.606. The van der Waals surface area contributed by atoms with Crippen LogP contribution in [-0.4, -0.2) is 54.3 Å². The molecule has 1 saturated heterocycles. The molecule has 1 aliphatic heterocycles. The molecule has 1 aliphatic rings. The maximum Gasteiger partial charge on any atom is 0.354 e. The standard InChI is InChI=1S/C21H26N4O6S/c1-4-31-21(28)19-12-17(13-24(19)3)32(29,30)25-11-5-6-18(25)20(27)23-16-9-7-15(8-10-16)22-14(2)26/h7-10,12-13,18H,4-6,11H2,1-3H3,(H,22,26)(H,23,27)/t18-/m0/s1. The first kappa shape index (κ1) is 23.5. The van der Waals surface area contributed by atoms with Crippen molar-refractivity contribution in [3.8, 4) is 0 Å². The van der Waals surface area contributed by atoms with Gasteiger partial charge in [-0.2, -0.15) is 4.31 Å². The number of nitrogens with one attached hydrogen (secondary N) is 2. The summed E-state index contributed by atoms with van der Waals surface area (Å²) >= 11 is 0. The van der Waals surface area contributed by atoms with Gasteiger partial charge < -0.3 is 19.9 Å². The van der Waals surface area contributed by atoms with E-state index < -0.39 is 27.9 Å². The molecule has 0 aliphatic carbocycles. The van der Waals surface area contributed by atoms with Crippen LogP contribution < -0.4 is 10.6 Å². The van der Waals surface area contributed by atoms with Gasteiger partial charge in [0.25, 0.3) is 0 Å². The zero-order valence-electron chi connectivity index (χ0n) is 18.1. The predicted molar refractivity (Wildman–Crippen MR) is 118 cm³/mol. The summed E-state index contributed by atoms with van der Waals surface area (Å²) < 4.78 is 34.0. The monoisotopic (exact) mass is 462 g/mol.